The van der Waals surface area contributed by atoms with Gasteiger partial charge in [-0.05, 0) is 130 Å². The van der Waals surface area contributed by atoms with E-state index in [2.05, 4.69) is 219 Å². The lowest BCUT2D eigenvalue weighted by atomic mass is 9.85. The zero-order valence-corrected chi connectivity index (χ0v) is 37.1. The first-order valence-corrected chi connectivity index (χ1v) is 21.7. The third-order valence-electron chi connectivity index (χ3n) is 11.3. The highest BCUT2D eigenvalue weighted by molar-refractivity contribution is 5.91. The van der Waals surface area contributed by atoms with Crippen molar-refractivity contribution in [2.24, 2.45) is 0 Å². The Kier molecular flexibility index (Phi) is 17.0. The molecule has 0 saturated carbocycles. The first-order valence-electron chi connectivity index (χ1n) is 21.7. The smallest absolute Gasteiger partial charge is 0.00992 e. The van der Waals surface area contributed by atoms with E-state index >= 15 is 0 Å². The van der Waals surface area contributed by atoms with Gasteiger partial charge in [-0.2, -0.15) is 0 Å². The van der Waals surface area contributed by atoms with E-state index < -0.39 is 0 Å². The molecule has 0 nitrogen and oxygen atoms in total. The molecule has 0 bridgehead atoms. The summed E-state index contributed by atoms with van der Waals surface area (Å²) in [5.74, 6) is 0.930. The first kappa shape index (κ1) is 44.9. The molecule has 0 aliphatic carbocycles. The summed E-state index contributed by atoms with van der Waals surface area (Å²) in [6, 6.07) is 52.8. The van der Waals surface area contributed by atoms with Crippen LogP contribution in [0.15, 0.2) is 207 Å². The fourth-order valence-electron chi connectivity index (χ4n) is 7.93. The van der Waals surface area contributed by atoms with Gasteiger partial charge in [-0.3, -0.25) is 0 Å². The van der Waals surface area contributed by atoms with Crippen molar-refractivity contribution in [3.8, 4) is 33.4 Å². The molecule has 60 heavy (non-hydrogen) atoms. The molecule has 0 aliphatic heterocycles. The van der Waals surface area contributed by atoms with Crippen molar-refractivity contribution in [2.75, 3.05) is 0 Å². The predicted molar refractivity (Wildman–Crippen MR) is 266 cm³/mol. The van der Waals surface area contributed by atoms with E-state index in [0.717, 1.165) is 24.8 Å². The molecule has 0 radical (unpaired) electrons. The molecule has 0 aliphatic rings. The summed E-state index contributed by atoms with van der Waals surface area (Å²) in [6.07, 6.45) is 17.7. The largest absolute Gasteiger partial charge is 0.0984 e. The molecule has 0 fully saturated rings. The molecule has 2 unspecified atom stereocenters. The van der Waals surface area contributed by atoms with Crippen molar-refractivity contribution in [3.05, 3.63) is 240 Å². The van der Waals surface area contributed by atoms with Gasteiger partial charge in [0.25, 0.3) is 0 Å². The second-order valence-corrected chi connectivity index (χ2v) is 15.8. The molecule has 0 N–H and O–H groups in total. The van der Waals surface area contributed by atoms with Crippen LogP contribution in [-0.2, 0) is 6.42 Å². The third kappa shape index (κ3) is 11.7. The maximum Gasteiger partial charge on any atom is -0.00992 e. The Labute approximate surface area is 362 Å². The zero-order chi connectivity index (χ0) is 42.9. The second-order valence-electron chi connectivity index (χ2n) is 15.8. The molecule has 304 valence electrons. The van der Waals surface area contributed by atoms with Gasteiger partial charge in [0.2, 0.25) is 0 Å². The van der Waals surface area contributed by atoms with Crippen LogP contribution < -0.4 is 0 Å². The molecule has 0 saturated heterocycles. The van der Waals surface area contributed by atoms with Gasteiger partial charge in [0.05, 0.1) is 0 Å². The highest BCUT2D eigenvalue weighted by Crippen LogP contribution is 2.39. The number of hydrogen-bond acceptors (Lipinski definition) is 0. The van der Waals surface area contributed by atoms with Crippen LogP contribution in [0.4, 0.5) is 0 Å². The first-order chi connectivity index (χ1) is 29.2. The summed E-state index contributed by atoms with van der Waals surface area (Å²) in [6.45, 7) is 23.7. The van der Waals surface area contributed by atoms with E-state index in [1.165, 1.54) is 77.9 Å². The Morgan fingerprint density at radius 3 is 1.73 bits per heavy atom. The number of aryl methyl sites for hydroxylation is 1. The molecule has 0 heterocycles. The SMILES string of the molecule is C=C(/C=C\C=C/C)c1ccccc1C(C)CC.C=C/C(=C(C)\C=C/CC)c1ccccc1C(C)Cc1cccc(-c2ccccc2-c2ccccc2-c2cccc(C)c2)c1. The van der Waals surface area contributed by atoms with Gasteiger partial charge >= 0.3 is 0 Å². The van der Waals surface area contributed by atoms with Crippen molar-refractivity contribution in [1.82, 2.24) is 0 Å². The molecule has 0 heteroatoms. The van der Waals surface area contributed by atoms with E-state index in [9.17, 15) is 0 Å². The van der Waals surface area contributed by atoms with Gasteiger partial charge < -0.3 is 0 Å². The van der Waals surface area contributed by atoms with Crippen molar-refractivity contribution < 1.29 is 0 Å². The summed E-state index contributed by atoms with van der Waals surface area (Å²) < 4.78 is 0. The molecule has 6 aromatic rings. The molecule has 6 rings (SSSR count). The van der Waals surface area contributed by atoms with Gasteiger partial charge in [-0.25, -0.2) is 0 Å². The van der Waals surface area contributed by atoms with Crippen LogP contribution in [0, 0.1) is 6.92 Å². The molecular formula is C60H64. The molecule has 6 aromatic carbocycles. The summed E-state index contributed by atoms with van der Waals surface area (Å²) >= 11 is 0. The summed E-state index contributed by atoms with van der Waals surface area (Å²) in [5.41, 5.74) is 19.0. The van der Waals surface area contributed by atoms with E-state index in [1.807, 2.05) is 31.2 Å². The lowest BCUT2D eigenvalue weighted by Gasteiger charge is -2.19. The maximum absolute atomic E-state index is 4.17. The van der Waals surface area contributed by atoms with Gasteiger partial charge in [0.1, 0.15) is 0 Å². The summed E-state index contributed by atoms with van der Waals surface area (Å²) in [4.78, 5) is 0. The standard InChI is InChI=1S/C43H42.C17H22/c1-6-8-18-32(4)37(7-2)41-25-12-9-22-38(41)33(5)29-34-19-16-21-36(30-34)40-24-11-14-27-43(40)42-26-13-10-23-39(42)35-20-15-17-31(3)28-35;1-5-7-8-11-15(4)17-13-10-9-12-16(17)14(3)6-2/h7-28,30,33H,2,6,29H2,1,3-5H3;5,7-14H,4,6H2,1-3H3/b18-8-,37-32+;7-5-,11-8-. The minimum atomic E-state index is 0.349. The third-order valence-corrected chi connectivity index (χ3v) is 11.3. The van der Waals surface area contributed by atoms with Crippen LogP contribution >= 0.6 is 0 Å². The lowest BCUT2D eigenvalue weighted by Crippen LogP contribution is -2.03. The van der Waals surface area contributed by atoms with Gasteiger partial charge in [0.15, 0.2) is 0 Å². The highest BCUT2D eigenvalue weighted by Gasteiger charge is 2.16. The van der Waals surface area contributed by atoms with Crippen LogP contribution in [0.1, 0.15) is 99.6 Å². The molecule has 0 aromatic heterocycles. The fourth-order valence-corrected chi connectivity index (χ4v) is 7.93. The van der Waals surface area contributed by atoms with E-state index in [-0.39, 0.29) is 0 Å². The van der Waals surface area contributed by atoms with Crippen molar-refractivity contribution >= 4 is 11.1 Å². The van der Waals surface area contributed by atoms with Gasteiger partial charge in [0, 0.05) is 0 Å². The van der Waals surface area contributed by atoms with Crippen LogP contribution in [0.3, 0.4) is 0 Å². The number of hydrogen-bond donors (Lipinski definition) is 0. The van der Waals surface area contributed by atoms with Gasteiger partial charge in [-0.1, -0.05) is 235 Å². The van der Waals surface area contributed by atoms with Crippen molar-refractivity contribution in [2.45, 2.75) is 79.6 Å². The van der Waals surface area contributed by atoms with Crippen molar-refractivity contribution in [3.63, 3.8) is 0 Å². The van der Waals surface area contributed by atoms with E-state index in [0.29, 0.717) is 11.8 Å². The summed E-state index contributed by atoms with van der Waals surface area (Å²) in [7, 11) is 0. The average Bonchev–Trinajstić information content (AvgIpc) is 3.28. The topological polar surface area (TPSA) is 0 Å². The van der Waals surface area contributed by atoms with Crippen molar-refractivity contribution in [1.29, 1.82) is 0 Å². The Morgan fingerprint density at radius 2 is 1.15 bits per heavy atom. The molecule has 2 atom stereocenters. The molecule has 0 spiro atoms. The minimum absolute atomic E-state index is 0.349. The monoisotopic (exact) mass is 785 g/mol. The van der Waals surface area contributed by atoms with Crippen LogP contribution in [-0.4, -0.2) is 0 Å². The summed E-state index contributed by atoms with van der Waals surface area (Å²) in [5, 5.41) is 0. The van der Waals surface area contributed by atoms with Crippen LogP contribution in [0.2, 0.25) is 0 Å². The number of rotatable bonds is 15. The average molecular weight is 785 g/mol. The number of allylic oxidation sites excluding steroid dienone is 10. The minimum Gasteiger partial charge on any atom is -0.0984 e. The Morgan fingerprint density at radius 1 is 0.600 bits per heavy atom. The van der Waals surface area contributed by atoms with E-state index in [4.69, 9.17) is 0 Å². The van der Waals surface area contributed by atoms with Crippen LogP contribution in [0.25, 0.3) is 44.5 Å². The zero-order valence-electron chi connectivity index (χ0n) is 37.1. The maximum atomic E-state index is 4.17. The molecule has 0 amide bonds. The lowest BCUT2D eigenvalue weighted by molar-refractivity contribution is 0.732. The van der Waals surface area contributed by atoms with E-state index in [1.54, 1.807) is 0 Å². The second kappa shape index (κ2) is 22.8. The Hall–Kier alpha value is -6.24. The highest BCUT2D eigenvalue weighted by atomic mass is 14.2. The normalized spacial score (nSPS) is 12.8. The Bertz CT molecular complexity index is 2480. The number of benzene rings is 6. The Balaban J connectivity index is 0.000000337. The van der Waals surface area contributed by atoms with Crippen LogP contribution in [0.5, 0.6) is 0 Å². The fraction of sp³-hybridized carbons (Fsp3) is 0.200. The molecular weight excluding hydrogens is 721 g/mol. The quantitative estimate of drug-likeness (QED) is 0.0910. The van der Waals surface area contributed by atoms with Gasteiger partial charge in [-0.15, -0.1) is 0 Å². The predicted octanol–water partition coefficient (Wildman–Crippen LogP) is 17.6.